The Bertz CT molecular complexity index is 473. The number of benzene rings is 1. The highest BCUT2D eigenvalue weighted by Crippen LogP contribution is 2.32. The molecule has 84 valence electrons. The summed E-state index contributed by atoms with van der Waals surface area (Å²) < 4.78 is 1.98. The summed E-state index contributed by atoms with van der Waals surface area (Å²) in [4.78, 5) is 0. The van der Waals surface area contributed by atoms with Crippen LogP contribution >= 0.6 is 38.9 Å². The molecule has 0 aliphatic heterocycles. The molecule has 0 nitrogen and oxygen atoms in total. The second-order valence-electron chi connectivity index (χ2n) is 3.70. The first-order chi connectivity index (χ1) is 7.69. The molecule has 0 radical (unpaired) electrons. The van der Waals surface area contributed by atoms with Gasteiger partial charge in [-0.2, -0.15) is 0 Å². The number of hydrogen-bond acceptors (Lipinski definition) is 1. The normalized spacial score (nSPS) is 10.7. The minimum absolute atomic E-state index is 0.881. The van der Waals surface area contributed by atoms with Crippen LogP contribution < -0.4 is 0 Å². The summed E-state index contributed by atoms with van der Waals surface area (Å²) in [7, 11) is 0. The van der Waals surface area contributed by atoms with Crippen molar-refractivity contribution in [3.05, 3.63) is 55.1 Å². The Morgan fingerprint density at radius 1 is 1.19 bits per heavy atom. The number of aryl methyl sites for hydroxylation is 1. The minimum Gasteiger partial charge on any atom is -0.116 e. The number of halogens is 2. The fourth-order valence-corrected chi connectivity index (χ4v) is 3.65. The molecule has 2 aromatic rings. The maximum absolute atomic E-state index is 6.14. The molecular weight excluding hydrogens is 304 g/mol. The van der Waals surface area contributed by atoms with Crippen molar-refractivity contribution < 1.29 is 0 Å². The zero-order chi connectivity index (χ0) is 11.5. The molecule has 2 rings (SSSR count). The molecule has 0 fully saturated rings. The molecule has 16 heavy (non-hydrogen) atoms. The van der Waals surface area contributed by atoms with Gasteiger partial charge < -0.3 is 0 Å². The maximum atomic E-state index is 6.14. The average molecular weight is 316 g/mol. The molecule has 0 spiro atoms. The van der Waals surface area contributed by atoms with Crippen LogP contribution in [0, 0.1) is 0 Å². The largest absolute Gasteiger partial charge is 0.116 e. The van der Waals surface area contributed by atoms with E-state index in [9.17, 15) is 0 Å². The highest BCUT2D eigenvalue weighted by Gasteiger charge is 2.06. The molecule has 0 aliphatic rings. The van der Waals surface area contributed by atoms with Crippen molar-refractivity contribution in [3.8, 4) is 0 Å². The standard InChI is InChI=1S/C13H12BrClS/c1-2-9-3-5-10(6-4-9)7-11-8-12(14)16-13(11)15/h3-6,8H,2,7H2,1H3. The van der Waals surface area contributed by atoms with Crippen LogP contribution in [0.1, 0.15) is 23.6 Å². The Morgan fingerprint density at radius 2 is 1.81 bits per heavy atom. The van der Waals surface area contributed by atoms with Crippen LogP contribution in [-0.2, 0) is 12.8 Å². The van der Waals surface area contributed by atoms with E-state index in [4.69, 9.17) is 11.6 Å². The monoisotopic (exact) mass is 314 g/mol. The quantitative estimate of drug-likeness (QED) is 0.719. The Morgan fingerprint density at radius 3 is 2.31 bits per heavy atom. The highest BCUT2D eigenvalue weighted by atomic mass is 79.9. The third-order valence-electron chi connectivity index (χ3n) is 2.55. The fourth-order valence-electron chi connectivity index (χ4n) is 1.61. The molecule has 0 atom stereocenters. The average Bonchev–Trinajstić information content (AvgIpc) is 2.59. The fraction of sp³-hybridized carbons (Fsp3) is 0.231. The first-order valence-electron chi connectivity index (χ1n) is 5.20. The second kappa shape index (κ2) is 5.35. The van der Waals surface area contributed by atoms with E-state index in [1.807, 2.05) is 0 Å². The highest BCUT2D eigenvalue weighted by molar-refractivity contribution is 9.11. The van der Waals surface area contributed by atoms with Gasteiger partial charge in [0.2, 0.25) is 0 Å². The lowest BCUT2D eigenvalue weighted by molar-refractivity contribution is 1.12. The predicted molar refractivity (Wildman–Crippen MR) is 75.7 cm³/mol. The van der Waals surface area contributed by atoms with Crippen LogP contribution in [0.15, 0.2) is 34.1 Å². The lowest BCUT2D eigenvalue weighted by Gasteiger charge is -2.01. The van der Waals surface area contributed by atoms with E-state index < -0.39 is 0 Å². The van der Waals surface area contributed by atoms with Crippen LogP contribution in [-0.4, -0.2) is 0 Å². The predicted octanol–water partition coefficient (Wildman–Crippen LogP) is 5.32. The second-order valence-corrected chi connectivity index (χ2v) is 6.73. The summed E-state index contributed by atoms with van der Waals surface area (Å²) >= 11 is 11.2. The van der Waals surface area contributed by atoms with E-state index in [2.05, 4.69) is 53.2 Å². The molecule has 1 heterocycles. The molecule has 0 bridgehead atoms. The summed E-state index contributed by atoms with van der Waals surface area (Å²) in [5, 5.41) is 0. The Labute approximate surface area is 113 Å². The van der Waals surface area contributed by atoms with Gasteiger partial charge in [-0.3, -0.25) is 0 Å². The molecule has 0 unspecified atom stereocenters. The third kappa shape index (κ3) is 2.88. The van der Waals surface area contributed by atoms with Gasteiger partial charge in [-0.15, -0.1) is 11.3 Å². The zero-order valence-electron chi connectivity index (χ0n) is 8.97. The third-order valence-corrected chi connectivity index (χ3v) is 4.50. The van der Waals surface area contributed by atoms with Crippen molar-refractivity contribution in [2.24, 2.45) is 0 Å². The van der Waals surface area contributed by atoms with Crippen LogP contribution in [0.5, 0.6) is 0 Å². The first kappa shape index (κ1) is 12.2. The van der Waals surface area contributed by atoms with Crippen LogP contribution in [0.25, 0.3) is 0 Å². The zero-order valence-corrected chi connectivity index (χ0v) is 12.1. The summed E-state index contributed by atoms with van der Waals surface area (Å²) in [5.74, 6) is 0. The van der Waals surface area contributed by atoms with Crippen LogP contribution in [0.2, 0.25) is 4.34 Å². The number of thiophene rings is 1. The molecule has 1 aromatic heterocycles. The van der Waals surface area contributed by atoms with Gasteiger partial charge >= 0.3 is 0 Å². The molecule has 0 N–H and O–H groups in total. The molecule has 0 aliphatic carbocycles. The van der Waals surface area contributed by atoms with E-state index >= 15 is 0 Å². The summed E-state index contributed by atoms with van der Waals surface area (Å²) in [6.07, 6.45) is 2.00. The van der Waals surface area contributed by atoms with Gasteiger partial charge in [0.15, 0.2) is 0 Å². The minimum atomic E-state index is 0.881. The Hall–Kier alpha value is -0.310. The van der Waals surface area contributed by atoms with E-state index in [1.54, 1.807) is 11.3 Å². The molecule has 1 aromatic carbocycles. The molecular formula is C13H12BrClS. The molecule has 0 saturated heterocycles. The van der Waals surface area contributed by atoms with Crippen molar-refractivity contribution in [2.45, 2.75) is 19.8 Å². The molecule has 0 amide bonds. The van der Waals surface area contributed by atoms with E-state index in [0.29, 0.717) is 0 Å². The van der Waals surface area contributed by atoms with Gasteiger partial charge in [-0.25, -0.2) is 0 Å². The number of hydrogen-bond donors (Lipinski definition) is 0. The van der Waals surface area contributed by atoms with E-state index in [-0.39, 0.29) is 0 Å². The summed E-state index contributed by atoms with van der Waals surface area (Å²) in [6.45, 7) is 2.17. The first-order valence-corrected chi connectivity index (χ1v) is 7.19. The van der Waals surface area contributed by atoms with Crippen molar-refractivity contribution in [3.63, 3.8) is 0 Å². The Balaban J connectivity index is 2.17. The van der Waals surface area contributed by atoms with Crippen molar-refractivity contribution >= 4 is 38.9 Å². The van der Waals surface area contributed by atoms with Crippen molar-refractivity contribution in [1.29, 1.82) is 0 Å². The SMILES string of the molecule is CCc1ccc(Cc2cc(Br)sc2Cl)cc1. The summed E-state index contributed by atoms with van der Waals surface area (Å²) in [6, 6.07) is 10.8. The van der Waals surface area contributed by atoms with E-state index in [1.165, 1.54) is 16.7 Å². The van der Waals surface area contributed by atoms with E-state index in [0.717, 1.165) is 21.0 Å². The van der Waals surface area contributed by atoms with Gasteiger partial charge in [0.25, 0.3) is 0 Å². The summed E-state index contributed by atoms with van der Waals surface area (Å²) in [5.41, 5.74) is 3.88. The van der Waals surface area contributed by atoms with Gasteiger partial charge in [-0.1, -0.05) is 42.8 Å². The van der Waals surface area contributed by atoms with Gasteiger partial charge in [0, 0.05) is 0 Å². The van der Waals surface area contributed by atoms with Crippen molar-refractivity contribution in [1.82, 2.24) is 0 Å². The number of rotatable bonds is 3. The smallest absolute Gasteiger partial charge is 0.0975 e. The maximum Gasteiger partial charge on any atom is 0.0975 e. The lowest BCUT2D eigenvalue weighted by atomic mass is 10.0. The van der Waals surface area contributed by atoms with Crippen LogP contribution in [0.3, 0.4) is 0 Å². The van der Waals surface area contributed by atoms with Gasteiger partial charge in [0.1, 0.15) is 0 Å². The molecule has 0 saturated carbocycles. The molecule has 3 heteroatoms. The van der Waals surface area contributed by atoms with Crippen LogP contribution in [0.4, 0.5) is 0 Å². The van der Waals surface area contributed by atoms with Gasteiger partial charge in [0.05, 0.1) is 8.12 Å². The topological polar surface area (TPSA) is 0 Å². The lowest BCUT2D eigenvalue weighted by Crippen LogP contribution is -1.87. The van der Waals surface area contributed by atoms with Gasteiger partial charge in [-0.05, 0) is 51.5 Å². The Kier molecular flexibility index (Phi) is 4.06. The van der Waals surface area contributed by atoms with Crippen molar-refractivity contribution in [2.75, 3.05) is 0 Å².